The molecule has 0 aliphatic heterocycles. The average molecular weight is 379 g/mol. The molecule has 0 radical (unpaired) electrons. The highest BCUT2D eigenvalue weighted by atomic mass is 19.4. The molecule has 2 aromatic rings. The molecule has 1 aliphatic carbocycles. The lowest BCUT2D eigenvalue weighted by Crippen LogP contribution is -2.32. The Kier molecular flexibility index (Phi) is 5.02. The Morgan fingerprint density at radius 1 is 1.11 bits per heavy atom. The molecule has 0 spiro atoms. The molecule has 2 amide bonds. The molecule has 1 heterocycles. The van der Waals surface area contributed by atoms with Gasteiger partial charge in [0.2, 0.25) is 5.91 Å². The van der Waals surface area contributed by atoms with Crippen LogP contribution in [0.3, 0.4) is 0 Å². The first-order valence-electron chi connectivity index (χ1n) is 8.21. The summed E-state index contributed by atoms with van der Waals surface area (Å²) >= 11 is 0. The van der Waals surface area contributed by atoms with E-state index >= 15 is 0 Å². The Hall–Kier alpha value is -3.10. The molecule has 1 fully saturated rings. The summed E-state index contributed by atoms with van der Waals surface area (Å²) in [5.41, 5.74) is -1.81. The quantitative estimate of drug-likeness (QED) is 0.837. The number of aromatic nitrogens is 1. The molecule has 1 aliphatic rings. The minimum Gasteiger partial charge on any atom is -0.349 e. The van der Waals surface area contributed by atoms with Crippen molar-refractivity contribution in [2.75, 3.05) is 5.32 Å². The van der Waals surface area contributed by atoms with Gasteiger partial charge in [-0.2, -0.15) is 13.2 Å². The average Bonchev–Trinajstić information content (AvgIpc) is 3.40. The third-order valence-corrected chi connectivity index (χ3v) is 3.98. The fourth-order valence-corrected chi connectivity index (χ4v) is 2.43. The summed E-state index contributed by atoms with van der Waals surface area (Å²) in [6.45, 7) is -0.563. The number of rotatable bonds is 5. The van der Waals surface area contributed by atoms with Gasteiger partial charge in [-0.3, -0.25) is 14.4 Å². The lowest BCUT2D eigenvalue weighted by Gasteiger charge is -2.11. The van der Waals surface area contributed by atoms with Gasteiger partial charge in [0.1, 0.15) is 12.1 Å². The van der Waals surface area contributed by atoms with E-state index in [1.54, 1.807) is 0 Å². The van der Waals surface area contributed by atoms with Gasteiger partial charge in [0, 0.05) is 23.5 Å². The topological polar surface area (TPSA) is 80.2 Å². The Bertz CT molecular complexity index is 916. The van der Waals surface area contributed by atoms with Crippen molar-refractivity contribution in [2.45, 2.75) is 31.6 Å². The minimum atomic E-state index is -4.78. The third-order valence-electron chi connectivity index (χ3n) is 3.98. The van der Waals surface area contributed by atoms with Gasteiger partial charge >= 0.3 is 6.18 Å². The molecular weight excluding hydrogens is 363 g/mol. The number of nitrogens with one attached hydrogen (secondary N) is 2. The maximum absolute atomic E-state index is 12.8. The first-order valence-corrected chi connectivity index (χ1v) is 8.21. The summed E-state index contributed by atoms with van der Waals surface area (Å²) in [6.07, 6.45) is -1.74. The second-order valence-electron chi connectivity index (χ2n) is 6.23. The molecule has 27 heavy (non-hydrogen) atoms. The van der Waals surface area contributed by atoms with Crippen molar-refractivity contribution in [2.24, 2.45) is 0 Å². The fraction of sp³-hybridized carbons (Fsp3) is 0.278. The highest BCUT2D eigenvalue weighted by molar-refractivity contribution is 5.96. The van der Waals surface area contributed by atoms with Crippen LogP contribution in [-0.2, 0) is 17.5 Å². The highest BCUT2D eigenvalue weighted by Gasteiger charge is 2.34. The minimum absolute atomic E-state index is 0.203. The number of carbonyl (C=O) groups is 2. The Morgan fingerprint density at radius 3 is 2.37 bits per heavy atom. The number of nitrogens with zero attached hydrogens (tertiary/aromatic N) is 1. The summed E-state index contributed by atoms with van der Waals surface area (Å²) in [6, 6.07) is 8.03. The van der Waals surface area contributed by atoms with Crippen molar-refractivity contribution >= 4 is 17.5 Å². The zero-order valence-corrected chi connectivity index (χ0v) is 14.0. The molecular formula is C18H16F3N3O3. The van der Waals surface area contributed by atoms with E-state index in [9.17, 15) is 27.6 Å². The largest absolute Gasteiger partial charge is 0.421 e. The van der Waals surface area contributed by atoms with E-state index in [-0.39, 0.29) is 11.9 Å². The molecule has 1 aromatic carbocycles. The molecule has 1 aromatic heterocycles. The van der Waals surface area contributed by atoms with E-state index in [0.717, 1.165) is 25.1 Å². The van der Waals surface area contributed by atoms with E-state index in [1.165, 1.54) is 24.3 Å². The summed E-state index contributed by atoms with van der Waals surface area (Å²) in [5, 5.41) is 5.31. The van der Waals surface area contributed by atoms with E-state index in [0.29, 0.717) is 21.9 Å². The number of amides is 2. The Balaban J connectivity index is 1.64. The molecule has 9 heteroatoms. The SMILES string of the molecule is O=C(Cn1cccc(C(F)(F)F)c1=O)Nc1ccc(C(=O)NC2CC2)cc1. The molecule has 2 N–H and O–H groups in total. The fourth-order valence-electron chi connectivity index (χ4n) is 2.43. The lowest BCUT2D eigenvalue weighted by molar-refractivity contribution is -0.139. The highest BCUT2D eigenvalue weighted by Crippen LogP contribution is 2.26. The van der Waals surface area contributed by atoms with E-state index in [4.69, 9.17) is 0 Å². The first kappa shape index (κ1) is 18.7. The molecule has 0 atom stereocenters. The smallest absolute Gasteiger partial charge is 0.349 e. The van der Waals surface area contributed by atoms with Crippen molar-refractivity contribution in [3.8, 4) is 0 Å². The van der Waals surface area contributed by atoms with Gasteiger partial charge < -0.3 is 15.2 Å². The molecule has 3 rings (SSSR count). The standard InChI is InChI=1S/C18H16F3N3O3/c19-18(20,21)14-2-1-9-24(17(14)27)10-15(25)22-12-5-3-11(4-6-12)16(26)23-13-7-8-13/h1-6,9,13H,7-8,10H2,(H,22,25)(H,23,26). The molecule has 0 saturated heterocycles. The van der Waals surface area contributed by atoms with Crippen LogP contribution in [-0.4, -0.2) is 22.4 Å². The van der Waals surface area contributed by atoms with Gasteiger partial charge in [-0.1, -0.05) is 0 Å². The lowest BCUT2D eigenvalue weighted by atomic mass is 10.2. The van der Waals surface area contributed by atoms with Gasteiger partial charge in [-0.25, -0.2) is 0 Å². The normalized spacial score (nSPS) is 13.9. The van der Waals surface area contributed by atoms with Crippen molar-refractivity contribution in [1.82, 2.24) is 9.88 Å². The van der Waals surface area contributed by atoms with Gasteiger partial charge in [0.25, 0.3) is 11.5 Å². The van der Waals surface area contributed by atoms with Crippen LogP contribution in [0.15, 0.2) is 47.4 Å². The summed E-state index contributed by atoms with van der Waals surface area (Å²) in [7, 11) is 0. The van der Waals surface area contributed by atoms with Crippen LogP contribution in [0.4, 0.5) is 18.9 Å². The van der Waals surface area contributed by atoms with Gasteiger partial charge in [0.15, 0.2) is 0 Å². The number of anilines is 1. The number of alkyl halides is 3. The third kappa shape index (κ3) is 4.75. The molecule has 1 saturated carbocycles. The molecule has 0 bridgehead atoms. The number of pyridine rings is 1. The number of hydrogen-bond donors (Lipinski definition) is 2. The molecule has 142 valence electrons. The van der Waals surface area contributed by atoms with E-state index in [2.05, 4.69) is 10.6 Å². The van der Waals surface area contributed by atoms with Crippen molar-refractivity contribution in [3.05, 3.63) is 64.1 Å². The maximum atomic E-state index is 12.8. The van der Waals surface area contributed by atoms with Gasteiger partial charge in [-0.15, -0.1) is 0 Å². The summed E-state index contributed by atoms with van der Waals surface area (Å²) in [5.74, 6) is -0.863. The second kappa shape index (κ2) is 7.26. The van der Waals surface area contributed by atoms with Crippen LogP contribution < -0.4 is 16.2 Å². The van der Waals surface area contributed by atoms with Crippen molar-refractivity contribution in [3.63, 3.8) is 0 Å². The van der Waals surface area contributed by atoms with Crippen LogP contribution in [0, 0.1) is 0 Å². The van der Waals surface area contributed by atoms with Crippen LogP contribution >= 0.6 is 0 Å². The first-order chi connectivity index (χ1) is 12.7. The van der Waals surface area contributed by atoms with Gasteiger partial charge in [-0.05, 0) is 49.2 Å². The van der Waals surface area contributed by atoms with Crippen LogP contribution in [0.5, 0.6) is 0 Å². The zero-order chi connectivity index (χ0) is 19.6. The number of benzene rings is 1. The maximum Gasteiger partial charge on any atom is 0.421 e. The summed E-state index contributed by atoms with van der Waals surface area (Å²) < 4.78 is 38.9. The zero-order valence-electron chi connectivity index (χ0n) is 14.0. The molecule has 6 nitrogen and oxygen atoms in total. The monoisotopic (exact) mass is 379 g/mol. The van der Waals surface area contributed by atoms with E-state index in [1.807, 2.05) is 0 Å². The summed E-state index contributed by atoms with van der Waals surface area (Å²) in [4.78, 5) is 35.8. The number of hydrogen-bond acceptors (Lipinski definition) is 3. The van der Waals surface area contributed by atoms with Gasteiger partial charge in [0.05, 0.1) is 0 Å². The predicted octanol–water partition coefficient (Wildman–Crippen LogP) is 2.40. The number of halogens is 3. The van der Waals surface area contributed by atoms with Crippen molar-refractivity contribution in [1.29, 1.82) is 0 Å². The van der Waals surface area contributed by atoms with Crippen LogP contribution in [0.2, 0.25) is 0 Å². The second-order valence-corrected chi connectivity index (χ2v) is 6.23. The number of carbonyl (C=O) groups excluding carboxylic acids is 2. The molecule has 0 unspecified atom stereocenters. The van der Waals surface area contributed by atoms with E-state index < -0.39 is 29.8 Å². The predicted molar refractivity (Wildman–Crippen MR) is 91.3 cm³/mol. The Labute approximate surface area is 152 Å². The van der Waals surface area contributed by atoms with Crippen molar-refractivity contribution < 1.29 is 22.8 Å². The Morgan fingerprint density at radius 2 is 1.78 bits per heavy atom. The van der Waals surface area contributed by atoms with Crippen LogP contribution in [0.25, 0.3) is 0 Å². The van der Waals surface area contributed by atoms with Crippen LogP contribution in [0.1, 0.15) is 28.8 Å².